The van der Waals surface area contributed by atoms with E-state index in [1.54, 1.807) is 31.2 Å². The minimum absolute atomic E-state index is 0.0217. The molecule has 44 heavy (non-hydrogen) atoms. The second-order valence-electron chi connectivity index (χ2n) is 11.4. The lowest BCUT2D eigenvalue weighted by Gasteiger charge is -2.47. The number of Topliss-reactive ketones (excluding diaryl/α,β-unsaturated/α-hetero) is 1. The lowest BCUT2D eigenvalue weighted by molar-refractivity contribution is -0.192. The number of alkyl halides is 3. The Balaban J connectivity index is 0.000000566. The zero-order chi connectivity index (χ0) is 31.7. The largest absolute Gasteiger partial charge is 0.490 e. The summed E-state index contributed by atoms with van der Waals surface area (Å²) in [7, 11) is 0. The maximum Gasteiger partial charge on any atom is 0.490 e. The zero-order valence-electron chi connectivity index (χ0n) is 24.7. The van der Waals surface area contributed by atoms with Gasteiger partial charge >= 0.3 is 12.1 Å². The smallest absolute Gasteiger partial charge is 0.489 e. The fourth-order valence-electron chi connectivity index (χ4n) is 5.65. The number of benzene rings is 3. The highest BCUT2D eigenvalue weighted by molar-refractivity contribution is 5.97. The molecule has 0 bridgehead atoms. The number of para-hydroxylation sites is 1. The van der Waals surface area contributed by atoms with E-state index in [0.29, 0.717) is 23.1 Å². The molecule has 2 aliphatic heterocycles. The summed E-state index contributed by atoms with van der Waals surface area (Å²) in [6, 6.07) is 25.8. The van der Waals surface area contributed by atoms with Crippen LogP contribution in [0.15, 0.2) is 78.9 Å². The minimum Gasteiger partial charge on any atom is -0.489 e. The van der Waals surface area contributed by atoms with E-state index in [0.717, 1.165) is 51.3 Å². The quantitative estimate of drug-likeness (QED) is 0.303. The maximum atomic E-state index is 13.0. The van der Waals surface area contributed by atoms with E-state index in [9.17, 15) is 22.8 Å². The van der Waals surface area contributed by atoms with Gasteiger partial charge in [0.05, 0.1) is 0 Å². The van der Waals surface area contributed by atoms with Gasteiger partial charge in [0.2, 0.25) is 0 Å². The summed E-state index contributed by atoms with van der Waals surface area (Å²) in [5, 5.41) is 7.12. The summed E-state index contributed by atoms with van der Waals surface area (Å²) in [6.07, 6.45) is -0.603. The number of carboxylic acid groups (broad SMARTS) is 1. The number of hydrogen-bond acceptors (Lipinski definition) is 5. The van der Waals surface area contributed by atoms with E-state index in [-0.39, 0.29) is 11.7 Å². The van der Waals surface area contributed by atoms with Crippen molar-refractivity contribution in [3.8, 4) is 5.75 Å². The van der Waals surface area contributed by atoms with Gasteiger partial charge in [0.25, 0.3) is 5.91 Å². The summed E-state index contributed by atoms with van der Waals surface area (Å²) in [4.78, 5) is 38.0. The van der Waals surface area contributed by atoms with E-state index < -0.39 is 12.1 Å². The number of carbonyl (C=O) groups excluding carboxylic acids is 2. The average molecular weight is 611 g/mol. The Hall–Kier alpha value is -4.18. The van der Waals surface area contributed by atoms with Gasteiger partial charge in [-0.2, -0.15) is 13.2 Å². The van der Waals surface area contributed by atoms with Gasteiger partial charge in [-0.3, -0.25) is 14.5 Å². The summed E-state index contributed by atoms with van der Waals surface area (Å²) >= 11 is 0. The summed E-state index contributed by atoms with van der Waals surface area (Å²) < 4.78 is 37.9. The molecule has 1 N–H and O–H groups in total. The van der Waals surface area contributed by atoms with E-state index in [1.165, 1.54) is 24.0 Å². The summed E-state index contributed by atoms with van der Waals surface area (Å²) in [5.41, 5.74) is 4.07. The molecule has 10 heteroatoms. The van der Waals surface area contributed by atoms with Crippen molar-refractivity contribution in [3.63, 3.8) is 0 Å². The third-order valence-corrected chi connectivity index (χ3v) is 8.41. The van der Waals surface area contributed by atoms with Gasteiger partial charge < -0.3 is 14.7 Å². The number of carbonyl (C=O) groups is 3. The molecule has 0 aliphatic carbocycles. The SMILES string of the molecule is CC(=O)c1ccc(C(=O)N2CCC3(CCN(Cc4ccccc4OCc4ccccc4)CC3)CC2)cc1.O=C(O)C(F)(F)F. The van der Waals surface area contributed by atoms with Gasteiger partial charge in [0.1, 0.15) is 12.4 Å². The first-order valence-corrected chi connectivity index (χ1v) is 14.6. The first kappa shape index (κ1) is 32.7. The van der Waals surface area contributed by atoms with E-state index in [4.69, 9.17) is 14.6 Å². The van der Waals surface area contributed by atoms with Gasteiger partial charge in [-0.1, -0.05) is 60.7 Å². The first-order valence-electron chi connectivity index (χ1n) is 14.6. The highest BCUT2D eigenvalue weighted by atomic mass is 19.4. The molecule has 1 spiro atoms. The van der Waals surface area contributed by atoms with Gasteiger partial charge in [-0.25, -0.2) is 4.79 Å². The fourth-order valence-corrected chi connectivity index (χ4v) is 5.65. The van der Waals surface area contributed by atoms with Crippen LogP contribution < -0.4 is 4.74 Å². The molecule has 3 aromatic carbocycles. The number of likely N-dealkylation sites (tertiary alicyclic amines) is 2. The third kappa shape index (κ3) is 8.92. The van der Waals surface area contributed by atoms with Gasteiger partial charge in [0, 0.05) is 36.3 Å². The number of halogens is 3. The Kier molecular flexibility index (Phi) is 10.8. The Morgan fingerprint density at radius 3 is 1.89 bits per heavy atom. The van der Waals surface area contributed by atoms with Crippen LogP contribution in [-0.4, -0.2) is 64.9 Å². The molecule has 2 aliphatic rings. The van der Waals surface area contributed by atoms with Crippen LogP contribution in [0.1, 0.15) is 64.4 Å². The molecule has 0 aromatic heterocycles. The van der Waals surface area contributed by atoms with Crippen molar-refractivity contribution < 1.29 is 37.4 Å². The summed E-state index contributed by atoms with van der Waals surface area (Å²) in [6.45, 7) is 6.80. The molecule has 0 saturated carbocycles. The molecule has 7 nitrogen and oxygen atoms in total. The monoisotopic (exact) mass is 610 g/mol. The molecule has 2 heterocycles. The number of carboxylic acids is 1. The Bertz CT molecular complexity index is 1410. The van der Waals surface area contributed by atoms with Crippen molar-refractivity contribution in [3.05, 3.63) is 101 Å². The van der Waals surface area contributed by atoms with Crippen molar-refractivity contribution >= 4 is 17.7 Å². The van der Waals surface area contributed by atoms with Crippen molar-refractivity contribution in [2.75, 3.05) is 26.2 Å². The predicted octanol–water partition coefficient (Wildman–Crippen LogP) is 6.62. The third-order valence-electron chi connectivity index (χ3n) is 8.41. The van der Waals surface area contributed by atoms with Crippen LogP contribution in [0.3, 0.4) is 0 Å². The van der Waals surface area contributed by atoms with Crippen LogP contribution in [0, 0.1) is 5.41 Å². The first-order chi connectivity index (χ1) is 21.0. The molecule has 2 fully saturated rings. The highest BCUT2D eigenvalue weighted by Crippen LogP contribution is 2.42. The van der Waals surface area contributed by atoms with E-state index in [2.05, 4.69) is 35.2 Å². The Labute approximate surface area is 255 Å². The average Bonchev–Trinajstić information content (AvgIpc) is 3.02. The highest BCUT2D eigenvalue weighted by Gasteiger charge is 2.39. The predicted molar refractivity (Wildman–Crippen MR) is 159 cm³/mol. The van der Waals surface area contributed by atoms with Crippen molar-refractivity contribution in [2.24, 2.45) is 5.41 Å². The normalized spacial score (nSPS) is 16.5. The van der Waals surface area contributed by atoms with Crippen molar-refractivity contribution in [1.29, 1.82) is 0 Å². The molecule has 1 amide bonds. The second kappa shape index (κ2) is 14.5. The number of piperidine rings is 2. The number of ketones is 1. The van der Waals surface area contributed by atoms with Gasteiger partial charge in [-0.05, 0) is 74.9 Å². The number of ether oxygens (including phenoxy) is 1. The number of rotatable bonds is 7. The van der Waals surface area contributed by atoms with Crippen LogP contribution in [-0.2, 0) is 17.9 Å². The van der Waals surface area contributed by atoms with Gasteiger partial charge in [0.15, 0.2) is 5.78 Å². The lowest BCUT2D eigenvalue weighted by atomic mass is 9.71. The van der Waals surface area contributed by atoms with Crippen molar-refractivity contribution in [1.82, 2.24) is 9.80 Å². The van der Waals surface area contributed by atoms with Crippen LogP contribution in [0.2, 0.25) is 0 Å². The maximum absolute atomic E-state index is 13.0. The molecule has 0 radical (unpaired) electrons. The van der Waals surface area contributed by atoms with Crippen molar-refractivity contribution in [2.45, 2.75) is 51.9 Å². The molecular weight excluding hydrogens is 573 g/mol. The molecule has 0 unspecified atom stereocenters. The number of aliphatic carboxylic acids is 1. The Morgan fingerprint density at radius 1 is 0.795 bits per heavy atom. The number of nitrogens with zero attached hydrogens (tertiary/aromatic N) is 2. The molecule has 2 saturated heterocycles. The fraction of sp³-hybridized carbons (Fsp3) is 0.382. The Morgan fingerprint density at radius 2 is 1.32 bits per heavy atom. The van der Waals surface area contributed by atoms with Crippen LogP contribution >= 0.6 is 0 Å². The standard InChI is InChI=1S/C32H36N2O3.C2HF3O2/c1-25(35)27-11-13-28(14-12-27)31(36)34-21-17-32(18-22-34)15-19-33(20-16-32)23-29-9-5-6-10-30(29)37-24-26-7-3-2-4-8-26;3-2(4,5)1(6)7/h2-14H,15-24H2,1H3;(H,6,7). The summed E-state index contributed by atoms with van der Waals surface area (Å²) in [5.74, 6) is -1.69. The zero-order valence-corrected chi connectivity index (χ0v) is 24.7. The number of hydrogen-bond donors (Lipinski definition) is 1. The minimum atomic E-state index is -5.08. The second-order valence-corrected chi connectivity index (χ2v) is 11.4. The van der Waals surface area contributed by atoms with Gasteiger partial charge in [-0.15, -0.1) is 0 Å². The lowest BCUT2D eigenvalue weighted by Crippen LogP contribution is -2.48. The number of amides is 1. The van der Waals surface area contributed by atoms with Crippen LogP contribution in [0.25, 0.3) is 0 Å². The molecule has 3 aromatic rings. The molecule has 0 atom stereocenters. The molecular formula is C34H37F3N2O5. The molecule has 5 rings (SSSR count). The van der Waals surface area contributed by atoms with E-state index in [1.807, 2.05) is 29.2 Å². The van der Waals surface area contributed by atoms with E-state index >= 15 is 0 Å². The van der Waals surface area contributed by atoms with Crippen LogP contribution in [0.5, 0.6) is 5.75 Å². The topological polar surface area (TPSA) is 87.2 Å². The van der Waals surface area contributed by atoms with Crippen LogP contribution in [0.4, 0.5) is 13.2 Å². The molecule has 234 valence electrons.